The fraction of sp³-hybridized carbons (Fsp3) is 0.438. The lowest BCUT2D eigenvalue weighted by Crippen LogP contribution is -2.37. The van der Waals surface area contributed by atoms with Gasteiger partial charge in [-0.2, -0.15) is 18.4 Å². The number of ketones is 1. The summed E-state index contributed by atoms with van der Waals surface area (Å²) < 4.78 is 43.9. The number of nitrogens with zero attached hydrogens (tertiary/aromatic N) is 1. The Morgan fingerprint density at radius 3 is 2.42 bits per heavy atom. The van der Waals surface area contributed by atoms with Crippen LogP contribution in [0.15, 0.2) is 24.3 Å². The first-order valence-corrected chi connectivity index (χ1v) is 7.28. The molecule has 24 heavy (non-hydrogen) atoms. The number of nitriles is 1. The molecule has 0 radical (unpaired) electrons. The quantitative estimate of drug-likeness (QED) is 0.772. The van der Waals surface area contributed by atoms with Crippen molar-refractivity contribution in [2.45, 2.75) is 32.5 Å². The van der Waals surface area contributed by atoms with Crippen LogP contribution in [0.4, 0.5) is 18.9 Å². The summed E-state index contributed by atoms with van der Waals surface area (Å²) in [7, 11) is 0. The number of hydrogen-bond donors (Lipinski definition) is 1. The van der Waals surface area contributed by atoms with Crippen molar-refractivity contribution in [1.29, 1.82) is 5.26 Å². The molecule has 0 bridgehead atoms. The highest BCUT2D eigenvalue weighted by molar-refractivity contribution is 6.11. The first-order chi connectivity index (χ1) is 11.3. The highest BCUT2D eigenvalue weighted by Gasteiger charge is 2.36. The number of carbonyl (C=O) groups excluding carboxylic acids is 2. The molecule has 1 N–H and O–H groups in total. The highest BCUT2D eigenvalue weighted by atomic mass is 19.4. The molecule has 0 fully saturated rings. The zero-order valence-electron chi connectivity index (χ0n) is 13.2. The number of rotatable bonds is 7. The van der Waals surface area contributed by atoms with Crippen LogP contribution in [0, 0.1) is 17.2 Å². The van der Waals surface area contributed by atoms with Gasteiger partial charge < -0.3 is 10.1 Å². The van der Waals surface area contributed by atoms with Crippen LogP contribution in [0.3, 0.4) is 0 Å². The summed E-state index contributed by atoms with van der Waals surface area (Å²) in [4.78, 5) is 24.3. The fourth-order valence-electron chi connectivity index (χ4n) is 2.08. The van der Waals surface area contributed by atoms with Crippen molar-refractivity contribution in [2.24, 2.45) is 5.92 Å². The van der Waals surface area contributed by atoms with E-state index in [1.54, 1.807) is 13.8 Å². The third-order valence-electron chi connectivity index (χ3n) is 3.22. The first-order valence-electron chi connectivity index (χ1n) is 7.28. The smallest absolute Gasteiger partial charge is 0.371 e. The maximum atomic E-state index is 12.9. The molecule has 8 heteroatoms. The van der Waals surface area contributed by atoms with Crippen LogP contribution in [-0.2, 0) is 20.5 Å². The molecule has 1 amide bonds. The maximum absolute atomic E-state index is 12.9. The van der Waals surface area contributed by atoms with E-state index in [1.807, 2.05) is 5.32 Å². The van der Waals surface area contributed by atoms with E-state index in [0.29, 0.717) is 0 Å². The minimum atomic E-state index is -4.67. The van der Waals surface area contributed by atoms with Gasteiger partial charge in [-0.1, -0.05) is 19.1 Å². The van der Waals surface area contributed by atoms with Crippen molar-refractivity contribution in [3.05, 3.63) is 29.8 Å². The predicted molar refractivity (Wildman–Crippen MR) is 79.9 cm³/mol. The number of Topliss-reactive ketones (excluding diaryl/α,β-unsaturated/α-hetero) is 1. The van der Waals surface area contributed by atoms with Gasteiger partial charge in [-0.05, 0) is 25.5 Å². The lowest BCUT2D eigenvalue weighted by molar-refractivity contribution is -0.137. The van der Waals surface area contributed by atoms with Gasteiger partial charge in [0.2, 0.25) is 5.91 Å². The van der Waals surface area contributed by atoms with Gasteiger partial charge in [0.25, 0.3) is 0 Å². The number of carbonyl (C=O) groups is 2. The van der Waals surface area contributed by atoms with E-state index in [-0.39, 0.29) is 13.0 Å². The minimum absolute atomic E-state index is 0.209. The second kappa shape index (κ2) is 8.45. The van der Waals surface area contributed by atoms with E-state index < -0.39 is 41.1 Å². The Hall–Kier alpha value is -2.40. The van der Waals surface area contributed by atoms with Crippen molar-refractivity contribution < 1.29 is 27.5 Å². The van der Waals surface area contributed by atoms with Crippen LogP contribution in [-0.4, -0.2) is 24.4 Å². The van der Waals surface area contributed by atoms with Gasteiger partial charge in [0.15, 0.2) is 11.7 Å². The molecule has 2 unspecified atom stereocenters. The Bertz CT molecular complexity index is 638. The Morgan fingerprint density at radius 2 is 1.92 bits per heavy atom. The molecule has 2 atom stereocenters. The minimum Gasteiger partial charge on any atom is -0.371 e. The molecule has 0 heterocycles. The number of para-hydroxylation sites is 1. The summed E-state index contributed by atoms with van der Waals surface area (Å²) in [5.41, 5.74) is -1.56. The van der Waals surface area contributed by atoms with E-state index in [2.05, 4.69) is 0 Å². The van der Waals surface area contributed by atoms with Crippen molar-refractivity contribution in [3.8, 4) is 6.07 Å². The maximum Gasteiger partial charge on any atom is 0.418 e. The molecule has 1 aromatic carbocycles. The van der Waals surface area contributed by atoms with Gasteiger partial charge >= 0.3 is 6.18 Å². The second-order valence-corrected chi connectivity index (χ2v) is 4.85. The van der Waals surface area contributed by atoms with Crippen LogP contribution in [0.1, 0.15) is 25.8 Å². The van der Waals surface area contributed by atoms with Crippen LogP contribution in [0.5, 0.6) is 0 Å². The van der Waals surface area contributed by atoms with Crippen molar-refractivity contribution in [2.75, 3.05) is 11.9 Å². The molecule has 0 aliphatic heterocycles. The van der Waals surface area contributed by atoms with E-state index in [9.17, 15) is 22.8 Å². The molecule has 1 rings (SSSR count). The third kappa shape index (κ3) is 4.80. The molecule has 130 valence electrons. The monoisotopic (exact) mass is 342 g/mol. The number of halogens is 3. The second-order valence-electron chi connectivity index (χ2n) is 4.85. The topological polar surface area (TPSA) is 79.2 Å². The van der Waals surface area contributed by atoms with Crippen molar-refractivity contribution in [1.82, 2.24) is 0 Å². The molecule has 0 spiro atoms. The lowest BCUT2D eigenvalue weighted by Gasteiger charge is -2.18. The van der Waals surface area contributed by atoms with E-state index >= 15 is 0 Å². The number of hydrogen-bond acceptors (Lipinski definition) is 4. The van der Waals surface area contributed by atoms with Crippen LogP contribution >= 0.6 is 0 Å². The molecule has 1 aromatic rings. The van der Waals surface area contributed by atoms with E-state index in [4.69, 9.17) is 10.00 Å². The summed E-state index contributed by atoms with van der Waals surface area (Å²) in [5, 5.41) is 11.1. The van der Waals surface area contributed by atoms with Crippen molar-refractivity contribution in [3.63, 3.8) is 0 Å². The van der Waals surface area contributed by atoms with Gasteiger partial charge in [0, 0.05) is 6.61 Å². The van der Waals surface area contributed by atoms with Gasteiger partial charge in [0.1, 0.15) is 6.10 Å². The average Bonchev–Trinajstić information content (AvgIpc) is 2.52. The number of amides is 1. The average molecular weight is 342 g/mol. The molecule has 0 aliphatic carbocycles. The Labute approximate surface area is 137 Å². The van der Waals surface area contributed by atoms with Gasteiger partial charge in [0.05, 0.1) is 17.3 Å². The Balaban J connectivity index is 3.02. The molecule has 0 aromatic heterocycles. The first kappa shape index (κ1) is 19.6. The summed E-state index contributed by atoms with van der Waals surface area (Å²) in [5.74, 6) is -3.64. The summed E-state index contributed by atoms with van der Waals surface area (Å²) >= 11 is 0. The standard InChI is InChI=1S/C16H17F3N2O3/c1-3-13(24-4-2)14(22)10(9-20)15(23)21-12-8-6-5-7-11(12)16(17,18)19/h5-8,10,13H,3-4H2,1-2H3,(H,21,23). The number of ether oxygens (including phenoxy) is 1. The van der Waals surface area contributed by atoms with Crippen LogP contribution in [0.2, 0.25) is 0 Å². The summed E-state index contributed by atoms with van der Waals surface area (Å²) in [6.45, 7) is 3.50. The normalized spacial score (nSPS) is 13.7. The van der Waals surface area contributed by atoms with Gasteiger partial charge in [-0.3, -0.25) is 9.59 Å². The molecule has 0 saturated heterocycles. The highest BCUT2D eigenvalue weighted by Crippen LogP contribution is 2.34. The fourth-order valence-corrected chi connectivity index (χ4v) is 2.08. The molecule has 5 nitrogen and oxygen atoms in total. The summed E-state index contributed by atoms with van der Waals surface area (Å²) in [6, 6.07) is 5.87. The van der Waals surface area contributed by atoms with Crippen molar-refractivity contribution >= 4 is 17.4 Å². The number of alkyl halides is 3. The van der Waals surface area contributed by atoms with Gasteiger partial charge in [-0.15, -0.1) is 0 Å². The van der Waals surface area contributed by atoms with Gasteiger partial charge in [-0.25, -0.2) is 0 Å². The lowest BCUT2D eigenvalue weighted by atomic mass is 9.98. The van der Waals surface area contributed by atoms with Crippen LogP contribution in [0.25, 0.3) is 0 Å². The molecule has 0 saturated carbocycles. The molecular formula is C16H17F3N2O3. The number of benzene rings is 1. The molecule has 0 aliphatic rings. The summed E-state index contributed by atoms with van der Waals surface area (Å²) in [6.07, 6.45) is -5.38. The Morgan fingerprint density at radius 1 is 1.29 bits per heavy atom. The zero-order valence-corrected chi connectivity index (χ0v) is 13.2. The predicted octanol–water partition coefficient (Wildman–Crippen LogP) is 3.17. The van der Waals surface area contributed by atoms with E-state index in [0.717, 1.165) is 12.1 Å². The number of nitrogens with one attached hydrogen (secondary N) is 1. The largest absolute Gasteiger partial charge is 0.418 e. The van der Waals surface area contributed by atoms with E-state index in [1.165, 1.54) is 18.2 Å². The Kier molecular flexibility index (Phi) is 6.92. The zero-order chi connectivity index (χ0) is 18.3. The van der Waals surface area contributed by atoms with Crippen LogP contribution < -0.4 is 5.32 Å². The SMILES string of the molecule is CCOC(CC)C(=O)C(C#N)C(=O)Nc1ccccc1C(F)(F)F. The number of anilines is 1. The third-order valence-corrected chi connectivity index (χ3v) is 3.22. The molecular weight excluding hydrogens is 325 g/mol.